The number of rotatable bonds is 5. The van der Waals surface area contributed by atoms with Gasteiger partial charge in [-0.1, -0.05) is 6.07 Å². The normalized spacial score (nSPS) is 19.8. The van der Waals surface area contributed by atoms with Crippen LogP contribution in [-0.4, -0.2) is 38.1 Å². The van der Waals surface area contributed by atoms with Crippen LogP contribution >= 0.6 is 0 Å². The van der Waals surface area contributed by atoms with Crippen LogP contribution in [0.15, 0.2) is 36.4 Å². The number of anilines is 1. The van der Waals surface area contributed by atoms with E-state index >= 15 is 0 Å². The van der Waals surface area contributed by atoms with Gasteiger partial charge in [0.1, 0.15) is 18.4 Å². The third-order valence-electron chi connectivity index (χ3n) is 5.58. The highest BCUT2D eigenvalue weighted by Gasteiger charge is 2.51. The molecule has 3 rings (SSSR count). The minimum Gasteiger partial charge on any atom is -0.490 e. The molecule has 7 nitrogen and oxygen atoms in total. The molecule has 0 aliphatic carbocycles. The van der Waals surface area contributed by atoms with Gasteiger partial charge in [-0.15, -0.1) is 0 Å². The van der Waals surface area contributed by atoms with Crippen molar-refractivity contribution >= 4 is 11.8 Å². The van der Waals surface area contributed by atoms with Crippen LogP contribution in [0.1, 0.15) is 34.6 Å². The number of hydrogen-bond donors (Lipinski definition) is 2. The smallest absolute Gasteiger partial charge is 0.417 e. The lowest BCUT2D eigenvalue weighted by atomic mass is 9.88. The highest BCUT2D eigenvalue weighted by atomic mass is 19.4. The number of methoxy groups -OCH3 is 1. The van der Waals surface area contributed by atoms with Crippen LogP contribution in [0.25, 0.3) is 0 Å². The summed E-state index contributed by atoms with van der Waals surface area (Å²) in [4.78, 5) is 11.6. The van der Waals surface area contributed by atoms with E-state index < -0.39 is 47.6 Å². The van der Waals surface area contributed by atoms with Crippen molar-refractivity contribution < 1.29 is 40.6 Å². The molecule has 1 amide bonds. The standard InChI is InChI=1S/C23H18F6N4O3/c1-35-21(34)33-18-6-12(9-30)2-5-19(18)36-11-15-8-16(20(32-15)23(27,28)29)13-3-4-14(10-31)17(7-13)22(24,25)26/h2-7,15-16,20,32H,8,11H2,1H3,(H,33,34)/t15-,16?,20+/m0/s1. The molecule has 0 bridgehead atoms. The fourth-order valence-electron chi connectivity index (χ4n) is 3.95. The number of carbonyl (C=O) groups is 1. The first-order valence-corrected chi connectivity index (χ1v) is 10.3. The second-order valence-electron chi connectivity index (χ2n) is 7.89. The number of carbonyl (C=O) groups excluding carboxylic acids is 1. The molecular formula is C23H18F6N4O3. The Hall–Kier alpha value is -3.97. The topological polar surface area (TPSA) is 107 Å². The third kappa shape index (κ3) is 5.98. The first kappa shape index (κ1) is 26.6. The Labute approximate surface area is 201 Å². The van der Waals surface area contributed by atoms with Crippen molar-refractivity contribution in [1.29, 1.82) is 10.5 Å². The molecule has 1 aliphatic rings. The molecular weight excluding hydrogens is 494 g/mol. The lowest BCUT2D eigenvalue weighted by molar-refractivity contribution is -0.156. The number of hydrogen-bond acceptors (Lipinski definition) is 6. The van der Waals surface area contributed by atoms with Crippen LogP contribution in [0.5, 0.6) is 5.75 Å². The minimum absolute atomic E-state index is 0.0460. The molecule has 0 radical (unpaired) electrons. The Balaban J connectivity index is 1.85. The van der Waals surface area contributed by atoms with Crippen LogP contribution in [0.3, 0.4) is 0 Å². The lowest BCUT2D eigenvalue weighted by Crippen LogP contribution is -2.44. The van der Waals surface area contributed by atoms with Crippen molar-refractivity contribution in [1.82, 2.24) is 5.32 Å². The van der Waals surface area contributed by atoms with Gasteiger partial charge in [-0.25, -0.2) is 4.79 Å². The summed E-state index contributed by atoms with van der Waals surface area (Å²) in [5.41, 5.74) is -1.99. The molecule has 3 atom stereocenters. The van der Waals surface area contributed by atoms with E-state index in [-0.39, 0.29) is 35.6 Å². The molecule has 0 aromatic heterocycles. The van der Waals surface area contributed by atoms with Crippen LogP contribution in [0, 0.1) is 22.7 Å². The van der Waals surface area contributed by atoms with Gasteiger partial charge in [-0.3, -0.25) is 10.6 Å². The molecule has 2 aromatic carbocycles. The molecule has 1 saturated heterocycles. The summed E-state index contributed by atoms with van der Waals surface area (Å²) in [5, 5.41) is 22.7. The maximum Gasteiger partial charge on any atom is 0.417 e. The van der Waals surface area contributed by atoms with E-state index in [1.165, 1.54) is 24.3 Å². The monoisotopic (exact) mass is 512 g/mol. The van der Waals surface area contributed by atoms with Gasteiger partial charge in [0, 0.05) is 12.0 Å². The number of nitrogens with zero attached hydrogens (tertiary/aromatic N) is 2. The van der Waals surface area contributed by atoms with Gasteiger partial charge in [0.15, 0.2) is 0 Å². The van der Waals surface area contributed by atoms with Crippen molar-refractivity contribution in [3.8, 4) is 17.9 Å². The van der Waals surface area contributed by atoms with E-state index in [1.54, 1.807) is 0 Å². The minimum atomic E-state index is -4.91. The summed E-state index contributed by atoms with van der Waals surface area (Å²) >= 11 is 0. The summed E-state index contributed by atoms with van der Waals surface area (Å²) in [7, 11) is 1.11. The maximum atomic E-state index is 13.8. The van der Waals surface area contributed by atoms with Gasteiger partial charge >= 0.3 is 18.4 Å². The number of alkyl halides is 6. The first-order chi connectivity index (χ1) is 16.9. The number of benzene rings is 2. The van der Waals surface area contributed by atoms with Crippen LogP contribution in [-0.2, 0) is 10.9 Å². The summed E-state index contributed by atoms with van der Waals surface area (Å²) in [5.74, 6) is -1.33. The van der Waals surface area contributed by atoms with E-state index in [0.717, 1.165) is 19.2 Å². The van der Waals surface area contributed by atoms with Crippen molar-refractivity contribution in [2.24, 2.45) is 0 Å². The molecule has 1 aliphatic heterocycles. The number of nitriles is 2. The first-order valence-electron chi connectivity index (χ1n) is 10.3. The summed E-state index contributed by atoms with van der Waals surface area (Å²) in [6, 6.07) is 6.70. The van der Waals surface area contributed by atoms with Gasteiger partial charge in [-0.2, -0.15) is 36.9 Å². The fourth-order valence-corrected chi connectivity index (χ4v) is 3.95. The molecule has 0 saturated carbocycles. The molecule has 2 aromatic rings. The summed E-state index contributed by atoms with van der Waals surface area (Å²) in [6.07, 6.45) is -10.8. The van der Waals surface area contributed by atoms with Gasteiger partial charge in [-0.05, 0) is 42.3 Å². The van der Waals surface area contributed by atoms with Crippen LogP contribution < -0.4 is 15.4 Å². The Kier molecular flexibility index (Phi) is 7.65. The average molecular weight is 512 g/mol. The summed E-state index contributed by atoms with van der Waals surface area (Å²) < 4.78 is 91.5. The van der Waals surface area contributed by atoms with Crippen LogP contribution in [0.2, 0.25) is 0 Å². The quantitative estimate of drug-likeness (QED) is 0.541. The van der Waals surface area contributed by atoms with Crippen molar-refractivity contribution in [2.75, 3.05) is 19.0 Å². The predicted molar refractivity (Wildman–Crippen MR) is 113 cm³/mol. The molecule has 1 heterocycles. The van der Waals surface area contributed by atoms with E-state index in [4.69, 9.17) is 15.3 Å². The highest BCUT2D eigenvalue weighted by Crippen LogP contribution is 2.42. The highest BCUT2D eigenvalue weighted by molar-refractivity contribution is 5.87. The molecule has 190 valence electrons. The van der Waals surface area contributed by atoms with Gasteiger partial charge in [0.05, 0.1) is 41.6 Å². The Morgan fingerprint density at radius 1 is 1.11 bits per heavy atom. The number of ether oxygens (including phenoxy) is 2. The molecule has 1 unspecified atom stereocenters. The largest absolute Gasteiger partial charge is 0.490 e. The van der Waals surface area contributed by atoms with E-state index in [1.807, 2.05) is 6.07 Å². The zero-order chi connectivity index (χ0) is 26.7. The average Bonchev–Trinajstić information content (AvgIpc) is 3.27. The number of nitrogens with one attached hydrogen (secondary N) is 2. The summed E-state index contributed by atoms with van der Waals surface area (Å²) in [6.45, 7) is -0.326. The van der Waals surface area contributed by atoms with Gasteiger partial charge < -0.3 is 9.47 Å². The molecule has 2 N–H and O–H groups in total. The third-order valence-corrected chi connectivity index (χ3v) is 5.58. The fraction of sp³-hybridized carbons (Fsp3) is 0.348. The van der Waals surface area contributed by atoms with E-state index in [0.29, 0.717) is 6.07 Å². The number of amides is 1. The van der Waals surface area contributed by atoms with Gasteiger partial charge in [0.25, 0.3) is 0 Å². The molecule has 0 spiro atoms. The SMILES string of the molecule is COC(=O)Nc1cc(C#N)ccc1OC[C@@H]1CC(c2ccc(C#N)c(C(F)(F)F)c2)[C@H](C(F)(F)F)N1. The second kappa shape index (κ2) is 10.3. The zero-order valence-corrected chi connectivity index (χ0v) is 18.5. The van der Waals surface area contributed by atoms with Crippen LogP contribution in [0.4, 0.5) is 36.8 Å². The van der Waals surface area contributed by atoms with Crippen molar-refractivity contribution in [3.05, 3.63) is 58.7 Å². The Bertz CT molecular complexity index is 1220. The lowest BCUT2D eigenvalue weighted by Gasteiger charge is -2.23. The second-order valence-corrected chi connectivity index (χ2v) is 7.89. The van der Waals surface area contributed by atoms with E-state index in [9.17, 15) is 31.1 Å². The van der Waals surface area contributed by atoms with E-state index in [2.05, 4.69) is 15.4 Å². The Morgan fingerprint density at radius 3 is 2.42 bits per heavy atom. The predicted octanol–water partition coefficient (Wildman–Crippen LogP) is 5.08. The molecule has 13 heteroatoms. The van der Waals surface area contributed by atoms with Gasteiger partial charge in [0.2, 0.25) is 0 Å². The zero-order valence-electron chi connectivity index (χ0n) is 18.5. The Morgan fingerprint density at radius 2 is 1.83 bits per heavy atom. The molecule has 1 fully saturated rings. The molecule has 36 heavy (non-hydrogen) atoms. The van der Waals surface area contributed by atoms with Crippen molar-refractivity contribution in [2.45, 2.75) is 36.8 Å². The van der Waals surface area contributed by atoms with Crippen molar-refractivity contribution in [3.63, 3.8) is 0 Å². The number of halogens is 6. The maximum absolute atomic E-state index is 13.8.